The summed E-state index contributed by atoms with van der Waals surface area (Å²) in [5.41, 5.74) is 5.76. The fourth-order valence-corrected chi connectivity index (χ4v) is 1.55. The van der Waals surface area contributed by atoms with Gasteiger partial charge in [-0.1, -0.05) is 17.7 Å². The number of amides is 1. The molecule has 0 radical (unpaired) electrons. The number of anilines is 2. The molecule has 1 aromatic heterocycles. The van der Waals surface area contributed by atoms with Gasteiger partial charge < -0.3 is 11.1 Å². The van der Waals surface area contributed by atoms with Crippen molar-refractivity contribution in [2.24, 2.45) is 0 Å². The smallest absolute Gasteiger partial charge is 0.259 e. The maximum absolute atomic E-state index is 13.6. The first-order chi connectivity index (χ1) is 8.59. The average molecular weight is 266 g/mol. The minimum absolute atomic E-state index is 0.114. The van der Waals surface area contributed by atoms with Crippen molar-refractivity contribution in [2.45, 2.75) is 0 Å². The van der Waals surface area contributed by atoms with Gasteiger partial charge in [-0.25, -0.2) is 9.37 Å². The maximum Gasteiger partial charge on any atom is 0.259 e. The van der Waals surface area contributed by atoms with Gasteiger partial charge in [0.15, 0.2) is 11.6 Å². The van der Waals surface area contributed by atoms with Crippen molar-refractivity contribution in [3.8, 4) is 0 Å². The predicted octanol–water partition coefficient (Wildman–Crippen LogP) is 2.71. The molecule has 2 aromatic rings. The standard InChI is InChI=1S/C12H9ClFN3O/c13-8-4-1-3-7(10(8)14)12(18)17-11-9(15)5-2-6-16-11/h1-6H,15H2,(H,16,17,18). The summed E-state index contributed by atoms with van der Waals surface area (Å²) in [6.45, 7) is 0. The van der Waals surface area contributed by atoms with Crippen LogP contribution < -0.4 is 11.1 Å². The highest BCUT2D eigenvalue weighted by molar-refractivity contribution is 6.31. The average Bonchev–Trinajstić information content (AvgIpc) is 2.35. The van der Waals surface area contributed by atoms with Gasteiger partial charge in [0.1, 0.15) is 0 Å². The lowest BCUT2D eigenvalue weighted by molar-refractivity contribution is 0.102. The van der Waals surface area contributed by atoms with Crippen LogP contribution in [-0.4, -0.2) is 10.9 Å². The van der Waals surface area contributed by atoms with Crippen LogP contribution in [0.25, 0.3) is 0 Å². The van der Waals surface area contributed by atoms with Crippen LogP contribution >= 0.6 is 11.6 Å². The summed E-state index contributed by atoms with van der Waals surface area (Å²) in [7, 11) is 0. The maximum atomic E-state index is 13.6. The second kappa shape index (κ2) is 5.01. The zero-order valence-corrected chi connectivity index (χ0v) is 9.91. The van der Waals surface area contributed by atoms with Crippen LogP contribution in [0.5, 0.6) is 0 Å². The lowest BCUT2D eigenvalue weighted by Gasteiger charge is -2.07. The summed E-state index contributed by atoms with van der Waals surface area (Å²) < 4.78 is 13.6. The number of halogens is 2. The largest absolute Gasteiger partial charge is 0.396 e. The van der Waals surface area contributed by atoms with E-state index in [1.54, 1.807) is 12.1 Å². The van der Waals surface area contributed by atoms with Gasteiger partial charge in [0.25, 0.3) is 5.91 Å². The van der Waals surface area contributed by atoms with E-state index >= 15 is 0 Å². The summed E-state index contributed by atoms with van der Waals surface area (Å²) in [6, 6.07) is 7.39. The van der Waals surface area contributed by atoms with Gasteiger partial charge in [0, 0.05) is 6.20 Å². The molecule has 18 heavy (non-hydrogen) atoms. The molecule has 0 aliphatic heterocycles. The molecule has 0 aliphatic rings. The molecular formula is C12H9ClFN3O. The number of carbonyl (C=O) groups excluding carboxylic acids is 1. The van der Waals surface area contributed by atoms with Crippen LogP contribution in [0.1, 0.15) is 10.4 Å². The second-order valence-corrected chi connectivity index (χ2v) is 3.90. The Bertz CT molecular complexity index is 604. The van der Waals surface area contributed by atoms with Crippen molar-refractivity contribution in [1.82, 2.24) is 4.98 Å². The van der Waals surface area contributed by atoms with Crippen molar-refractivity contribution in [2.75, 3.05) is 11.1 Å². The van der Waals surface area contributed by atoms with E-state index in [0.29, 0.717) is 5.69 Å². The van der Waals surface area contributed by atoms with Gasteiger partial charge in [-0.05, 0) is 24.3 Å². The van der Waals surface area contributed by atoms with Crippen molar-refractivity contribution in [1.29, 1.82) is 0 Å². The molecule has 4 nitrogen and oxygen atoms in total. The third-order valence-corrected chi connectivity index (χ3v) is 2.56. The summed E-state index contributed by atoms with van der Waals surface area (Å²) in [5, 5.41) is 2.31. The number of nitrogens with zero attached hydrogens (tertiary/aromatic N) is 1. The molecule has 0 aliphatic carbocycles. The molecule has 0 saturated carbocycles. The molecule has 0 unspecified atom stereocenters. The number of aromatic nitrogens is 1. The Balaban J connectivity index is 2.28. The Labute approximate surface area is 108 Å². The van der Waals surface area contributed by atoms with Gasteiger partial charge in [0.2, 0.25) is 0 Å². The molecule has 0 fully saturated rings. The molecule has 0 spiro atoms. The lowest BCUT2D eigenvalue weighted by Crippen LogP contribution is -2.15. The lowest BCUT2D eigenvalue weighted by atomic mass is 10.2. The molecule has 3 N–H and O–H groups in total. The molecule has 0 saturated heterocycles. The Morgan fingerprint density at radius 2 is 2.11 bits per heavy atom. The summed E-state index contributed by atoms with van der Waals surface area (Å²) in [6.07, 6.45) is 1.47. The first kappa shape index (κ1) is 12.3. The highest BCUT2D eigenvalue weighted by Crippen LogP contribution is 2.20. The van der Waals surface area contributed by atoms with Gasteiger partial charge in [-0.2, -0.15) is 0 Å². The molecular weight excluding hydrogens is 257 g/mol. The number of nitrogen functional groups attached to an aromatic ring is 1. The quantitative estimate of drug-likeness (QED) is 0.877. The number of hydrogen-bond donors (Lipinski definition) is 2. The van der Waals surface area contributed by atoms with E-state index in [9.17, 15) is 9.18 Å². The van der Waals surface area contributed by atoms with Crippen molar-refractivity contribution >= 4 is 29.0 Å². The number of nitrogens with two attached hydrogens (primary N) is 1. The van der Waals surface area contributed by atoms with E-state index in [-0.39, 0.29) is 16.4 Å². The summed E-state index contributed by atoms with van der Waals surface area (Å²) in [4.78, 5) is 15.7. The Morgan fingerprint density at radius 1 is 1.33 bits per heavy atom. The van der Waals surface area contributed by atoms with Crippen LogP contribution in [0, 0.1) is 5.82 Å². The minimum Gasteiger partial charge on any atom is -0.396 e. The van der Waals surface area contributed by atoms with E-state index in [2.05, 4.69) is 10.3 Å². The van der Waals surface area contributed by atoms with Crippen LogP contribution in [0.2, 0.25) is 5.02 Å². The number of benzene rings is 1. The molecule has 1 aromatic carbocycles. The van der Waals surface area contributed by atoms with E-state index in [0.717, 1.165) is 0 Å². The van der Waals surface area contributed by atoms with Crippen LogP contribution in [0.4, 0.5) is 15.9 Å². The number of rotatable bonds is 2. The molecule has 1 heterocycles. The summed E-state index contributed by atoms with van der Waals surface area (Å²) in [5.74, 6) is -1.24. The molecule has 6 heteroatoms. The van der Waals surface area contributed by atoms with Crippen LogP contribution in [0.3, 0.4) is 0 Å². The van der Waals surface area contributed by atoms with E-state index in [1.165, 1.54) is 24.4 Å². The Hall–Kier alpha value is -2.14. The first-order valence-electron chi connectivity index (χ1n) is 5.05. The fraction of sp³-hybridized carbons (Fsp3) is 0. The van der Waals surface area contributed by atoms with Crippen LogP contribution in [0.15, 0.2) is 36.5 Å². The van der Waals surface area contributed by atoms with Crippen molar-refractivity contribution in [3.63, 3.8) is 0 Å². The summed E-state index contributed by atoms with van der Waals surface area (Å²) >= 11 is 5.60. The van der Waals surface area contributed by atoms with Crippen LogP contribution in [-0.2, 0) is 0 Å². The number of hydrogen-bond acceptors (Lipinski definition) is 3. The molecule has 1 amide bonds. The van der Waals surface area contributed by atoms with E-state index in [4.69, 9.17) is 17.3 Å². The Morgan fingerprint density at radius 3 is 2.83 bits per heavy atom. The third-order valence-electron chi connectivity index (χ3n) is 2.27. The van der Waals surface area contributed by atoms with E-state index in [1.807, 2.05) is 0 Å². The zero-order valence-electron chi connectivity index (χ0n) is 9.15. The first-order valence-corrected chi connectivity index (χ1v) is 5.43. The Kier molecular flexibility index (Phi) is 3.43. The van der Waals surface area contributed by atoms with Gasteiger partial charge in [-0.15, -0.1) is 0 Å². The minimum atomic E-state index is -0.772. The monoisotopic (exact) mass is 265 g/mol. The molecule has 2 rings (SSSR count). The van der Waals surface area contributed by atoms with Gasteiger partial charge in [0.05, 0.1) is 16.3 Å². The van der Waals surface area contributed by atoms with Crippen molar-refractivity contribution in [3.05, 3.63) is 52.9 Å². The number of nitrogens with one attached hydrogen (secondary N) is 1. The van der Waals surface area contributed by atoms with E-state index < -0.39 is 11.7 Å². The highest BCUT2D eigenvalue weighted by Gasteiger charge is 2.15. The molecule has 92 valence electrons. The second-order valence-electron chi connectivity index (χ2n) is 3.50. The zero-order chi connectivity index (χ0) is 13.1. The number of pyridine rings is 1. The fourth-order valence-electron chi connectivity index (χ4n) is 1.38. The number of carbonyl (C=O) groups is 1. The topological polar surface area (TPSA) is 68.0 Å². The van der Waals surface area contributed by atoms with Crippen molar-refractivity contribution < 1.29 is 9.18 Å². The molecule has 0 atom stereocenters. The van der Waals surface area contributed by atoms with Gasteiger partial charge >= 0.3 is 0 Å². The molecule has 0 bridgehead atoms. The predicted molar refractivity (Wildman–Crippen MR) is 68.0 cm³/mol. The SMILES string of the molecule is Nc1cccnc1NC(=O)c1cccc(Cl)c1F. The highest BCUT2D eigenvalue weighted by atomic mass is 35.5. The normalized spacial score (nSPS) is 10.1. The third kappa shape index (κ3) is 2.41. The van der Waals surface area contributed by atoms with Gasteiger partial charge in [-0.3, -0.25) is 4.79 Å².